The molecule has 1 nitrogen and oxygen atoms in total. The minimum Gasteiger partial charge on any atom is -0.264 e. The van der Waals surface area contributed by atoms with Crippen LogP contribution in [0.25, 0.3) is 10.1 Å². The van der Waals surface area contributed by atoms with Crippen molar-refractivity contribution in [1.29, 1.82) is 0 Å². The van der Waals surface area contributed by atoms with Crippen molar-refractivity contribution in [3.63, 3.8) is 0 Å². The van der Waals surface area contributed by atoms with Gasteiger partial charge in [-0.3, -0.25) is 4.98 Å². The number of nitrogens with zero attached hydrogens (tertiary/aromatic N) is 1. The highest BCUT2D eigenvalue weighted by atomic mass is 32.1. The molecule has 2 rings (SSSR count). The lowest BCUT2D eigenvalue weighted by Crippen LogP contribution is -1.71. The third-order valence-electron chi connectivity index (χ3n) is 1.98. The quantitative estimate of drug-likeness (QED) is 0.617. The average molecular weight is 193 g/mol. The average Bonchev–Trinajstić information content (AvgIpc) is 2.47. The molecule has 2 aromatic rings. The SMILES string of the molecule is CC.Cc1sc2ccncc2c1C. The maximum atomic E-state index is 4.09. The number of hydrogen-bond acceptors (Lipinski definition) is 2. The molecule has 13 heavy (non-hydrogen) atoms. The Morgan fingerprint density at radius 2 is 1.92 bits per heavy atom. The Hall–Kier alpha value is -0.890. The molecule has 0 saturated heterocycles. The van der Waals surface area contributed by atoms with Crippen LogP contribution in [0.5, 0.6) is 0 Å². The zero-order chi connectivity index (χ0) is 9.84. The zero-order valence-electron chi connectivity index (χ0n) is 8.59. The Kier molecular flexibility index (Phi) is 3.43. The summed E-state index contributed by atoms with van der Waals surface area (Å²) in [5, 5.41) is 1.30. The molecular weight excluding hydrogens is 178 g/mol. The van der Waals surface area contributed by atoms with Crippen LogP contribution in [0.15, 0.2) is 18.5 Å². The van der Waals surface area contributed by atoms with Crippen LogP contribution in [-0.4, -0.2) is 4.98 Å². The van der Waals surface area contributed by atoms with E-state index in [1.54, 1.807) is 0 Å². The summed E-state index contributed by atoms with van der Waals surface area (Å²) in [7, 11) is 0. The molecule has 2 aromatic heterocycles. The molecule has 0 N–H and O–H groups in total. The van der Waals surface area contributed by atoms with E-state index in [0.717, 1.165) is 0 Å². The van der Waals surface area contributed by atoms with Crippen molar-refractivity contribution in [2.24, 2.45) is 0 Å². The summed E-state index contributed by atoms with van der Waals surface area (Å²) in [6.07, 6.45) is 3.78. The normalized spacial score (nSPS) is 9.54. The third-order valence-corrected chi connectivity index (χ3v) is 3.16. The first-order chi connectivity index (χ1) is 6.29. The first-order valence-electron chi connectivity index (χ1n) is 4.59. The maximum Gasteiger partial charge on any atom is 0.0379 e. The van der Waals surface area contributed by atoms with Crippen molar-refractivity contribution in [2.45, 2.75) is 27.7 Å². The first kappa shape index (κ1) is 10.2. The molecule has 2 heteroatoms. The summed E-state index contributed by atoms with van der Waals surface area (Å²) in [5.41, 5.74) is 1.37. The number of pyridine rings is 1. The molecule has 0 aliphatic carbocycles. The molecule has 0 aliphatic heterocycles. The molecular formula is C11H15NS. The van der Waals surface area contributed by atoms with Gasteiger partial charge in [-0.15, -0.1) is 11.3 Å². The van der Waals surface area contributed by atoms with Gasteiger partial charge >= 0.3 is 0 Å². The highest BCUT2D eigenvalue weighted by molar-refractivity contribution is 7.19. The second kappa shape index (κ2) is 4.38. The predicted octanol–water partition coefficient (Wildman–Crippen LogP) is 3.94. The van der Waals surface area contributed by atoms with Gasteiger partial charge < -0.3 is 0 Å². The molecule has 0 atom stereocenters. The van der Waals surface area contributed by atoms with Crippen LogP contribution < -0.4 is 0 Å². The van der Waals surface area contributed by atoms with Crippen molar-refractivity contribution < 1.29 is 0 Å². The molecule has 0 fully saturated rings. The van der Waals surface area contributed by atoms with Crippen LogP contribution in [-0.2, 0) is 0 Å². The maximum absolute atomic E-state index is 4.09. The molecule has 0 saturated carbocycles. The van der Waals surface area contributed by atoms with Gasteiger partial charge in [-0.1, -0.05) is 13.8 Å². The van der Waals surface area contributed by atoms with Gasteiger partial charge in [0.25, 0.3) is 0 Å². The lowest BCUT2D eigenvalue weighted by molar-refractivity contribution is 1.36. The van der Waals surface area contributed by atoms with Crippen molar-refractivity contribution in [2.75, 3.05) is 0 Å². The van der Waals surface area contributed by atoms with Gasteiger partial charge in [-0.2, -0.15) is 0 Å². The number of thiophene rings is 1. The summed E-state index contributed by atoms with van der Waals surface area (Å²) in [6.45, 7) is 8.30. The van der Waals surface area contributed by atoms with Crippen LogP contribution in [0.2, 0.25) is 0 Å². The Morgan fingerprint density at radius 3 is 2.54 bits per heavy atom. The van der Waals surface area contributed by atoms with E-state index in [1.807, 2.05) is 37.6 Å². The van der Waals surface area contributed by atoms with Gasteiger partial charge in [0.1, 0.15) is 0 Å². The highest BCUT2D eigenvalue weighted by Gasteiger charge is 2.02. The van der Waals surface area contributed by atoms with Crippen molar-refractivity contribution in [1.82, 2.24) is 4.98 Å². The fourth-order valence-corrected chi connectivity index (χ4v) is 2.22. The van der Waals surface area contributed by atoms with E-state index in [9.17, 15) is 0 Å². The molecule has 0 radical (unpaired) electrons. The Morgan fingerprint density at radius 1 is 1.23 bits per heavy atom. The van der Waals surface area contributed by atoms with Gasteiger partial charge in [-0.05, 0) is 25.5 Å². The van der Waals surface area contributed by atoms with E-state index in [1.165, 1.54) is 20.5 Å². The largest absolute Gasteiger partial charge is 0.264 e. The zero-order valence-corrected chi connectivity index (χ0v) is 9.40. The van der Waals surface area contributed by atoms with Crippen LogP contribution >= 0.6 is 11.3 Å². The van der Waals surface area contributed by atoms with Crippen LogP contribution in [0, 0.1) is 13.8 Å². The topological polar surface area (TPSA) is 12.9 Å². The number of hydrogen-bond donors (Lipinski definition) is 0. The fourth-order valence-electron chi connectivity index (χ4n) is 1.18. The van der Waals surface area contributed by atoms with Gasteiger partial charge in [0.15, 0.2) is 0 Å². The molecule has 0 aliphatic rings. The van der Waals surface area contributed by atoms with E-state index >= 15 is 0 Å². The van der Waals surface area contributed by atoms with E-state index in [-0.39, 0.29) is 0 Å². The molecule has 2 heterocycles. The molecule has 0 bridgehead atoms. The molecule has 0 spiro atoms. The summed E-state index contributed by atoms with van der Waals surface area (Å²) >= 11 is 1.84. The van der Waals surface area contributed by atoms with Gasteiger partial charge in [0, 0.05) is 27.4 Å². The van der Waals surface area contributed by atoms with Crippen LogP contribution in [0.4, 0.5) is 0 Å². The summed E-state index contributed by atoms with van der Waals surface area (Å²) in [6, 6.07) is 2.07. The second-order valence-corrected chi connectivity index (χ2v) is 3.91. The summed E-state index contributed by atoms with van der Waals surface area (Å²) in [4.78, 5) is 5.49. The molecule has 0 aromatic carbocycles. The van der Waals surface area contributed by atoms with Gasteiger partial charge in [0.05, 0.1) is 0 Å². The Balaban J connectivity index is 0.000000396. The first-order valence-corrected chi connectivity index (χ1v) is 5.40. The van der Waals surface area contributed by atoms with Gasteiger partial charge in [-0.25, -0.2) is 0 Å². The Bertz CT molecular complexity index is 390. The number of rotatable bonds is 0. The summed E-state index contributed by atoms with van der Waals surface area (Å²) < 4.78 is 1.34. The van der Waals surface area contributed by atoms with E-state index < -0.39 is 0 Å². The lowest BCUT2D eigenvalue weighted by atomic mass is 10.2. The van der Waals surface area contributed by atoms with Crippen LogP contribution in [0.1, 0.15) is 24.3 Å². The molecule has 0 amide bonds. The van der Waals surface area contributed by atoms with Gasteiger partial charge in [0.2, 0.25) is 0 Å². The van der Waals surface area contributed by atoms with E-state index in [4.69, 9.17) is 0 Å². The smallest absolute Gasteiger partial charge is 0.0379 e. The predicted molar refractivity (Wildman–Crippen MR) is 60.4 cm³/mol. The number of fused-ring (bicyclic) bond motifs is 1. The molecule has 0 unspecified atom stereocenters. The van der Waals surface area contributed by atoms with E-state index in [2.05, 4.69) is 24.9 Å². The Labute approximate surface area is 83.4 Å². The third kappa shape index (κ3) is 1.89. The van der Waals surface area contributed by atoms with E-state index in [0.29, 0.717) is 0 Å². The van der Waals surface area contributed by atoms with Crippen molar-refractivity contribution in [3.05, 3.63) is 28.9 Å². The lowest BCUT2D eigenvalue weighted by Gasteiger charge is -1.87. The van der Waals surface area contributed by atoms with Crippen molar-refractivity contribution in [3.8, 4) is 0 Å². The minimum atomic E-state index is 1.30. The van der Waals surface area contributed by atoms with Crippen molar-refractivity contribution >= 4 is 21.4 Å². The monoisotopic (exact) mass is 193 g/mol. The summed E-state index contributed by atoms with van der Waals surface area (Å²) in [5.74, 6) is 0. The number of aromatic nitrogens is 1. The minimum absolute atomic E-state index is 1.30. The molecule has 70 valence electrons. The standard InChI is InChI=1S/C9H9NS.C2H6/c1-6-7(2)11-9-3-4-10-5-8(6)9;1-2/h3-5H,1-2H3;1-2H3. The second-order valence-electron chi connectivity index (χ2n) is 2.66. The fraction of sp³-hybridized carbons (Fsp3) is 0.364. The highest BCUT2D eigenvalue weighted by Crippen LogP contribution is 2.28. The number of aryl methyl sites for hydroxylation is 2. The van der Waals surface area contributed by atoms with Crippen LogP contribution in [0.3, 0.4) is 0 Å².